The van der Waals surface area contributed by atoms with Gasteiger partial charge in [-0.15, -0.1) is 0 Å². The van der Waals surface area contributed by atoms with Gasteiger partial charge in [0, 0.05) is 16.1 Å². The van der Waals surface area contributed by atoms with Crippen molar-refractivity contribution in [2.45, 2.75) is 6.61 Å². The van der Waals surface area contributed by atoms with Crippen LogP contribution in [-0.4, -0.2) is 11.0 Å². The number of nitrogens with two attached hydrogens (primary N) is 1. The Balaban J connectivity index is 2.15. The lowest BCUT2D eigenvalue weighted by Gasteiger charge is -2.10. The van der Waals surface area contributed by atoms with Crippen LogP contribution in [0.15, 0.2) is 41.6 Å². The van der Waals surface area contributed by atoms with Gasteiger partial charge in [0.1, 0.15) is 6.61 Å². The average molecular weight is 329 g/mol. The molecule has 2 rings (SSSR count). The van der Waals surface area contributed by atoms with Gasteiger partial charge < -0.3 is 15.7 Å². The van der Waals surface area contributed by atoms with Crippen molar-refractivity contribution in [3.63, 3.8) is 0 Å². The van der Waals surface area contributed by atoms with Gasteiger partial charge in [0.25, 0.3) is 0 Å². The van der Waals surface area contributed by atoms with Gasteiger partial charge in [0.05, 0.1) is 5.02 Å². The highest BCUT2D eigenvalue weighted by Crippen LogP contribution is 2.26. The molecule has 4 nitrogen and oxygen atoms in total. The highest BCUT2D eigenvalue weighted by molar-refractivity contribution is 6.31. The second-order valence-corrected chi connectivity index (χ2v) is 4.95. The molecule has 0 aliphatic rings. The van der Waals surface area contributed by atoms with Crippen LogP contribution in [-0.2, 0) is 6.61 Å². The summed E-state index contributed by atoms with van der Waals surface area (Å²) in [5.41, 5.74) is 6.56. The lowest BCUT2D eigenvalue weighted by Crippen LogP contribution is -2.13. The van der Waals surface area contributed by atoms with E-state index in [2.05, 4.69) is 5.16 Å². The summed E-state index contributed by atoms with van der Waals surface area (Å²) >= 11 is 11.7. The summed E-state index contributed by atoms with van der Waals surface area (Å²) in [4.78, 5) is 0. The lowest BCUT2D eigenvalue weighted by molar-refractivity contribution is 0.290. The van der Waals surface area contributed by atoms with Gasteiger partial charge in [-0.1, -0.05) is 46.6 Å². The first-order valence-corrected chi connectivity index (χ1v) is 6.61. The third kappa shape index (κ3) is 3.56. The molecule has 0 unspecified atom stereocenters. The summed E-state index contributed by atoms with van der Waals surface area (Å²) in [6.45, 7) is 0.0621. The van der Waals surface area contributed by atoms with Crippen LogP contribution in [0.4, 0.5) is 4.39 Å². The van der Waals surface area contributed by atoms with Crippen molar-refractivity contribution >= 4 is 29.0 Å². The molecule has 0 aliphatic carbocycles. The Hall–Kier alpha value is -1.98. The maximum Gasteiger partial charge on any atom is 0.183 e. The highest BCUT2D eigenvalue weighted by Gasteiger charge is 2.10. The predicted octanol–water partition coefficient (Wildman–Crippen LogP) is 3.81. The number of ether oxygens (including phenoxy) is 1. The number of nitrogens with zero attached hydrogens (tertiary/aromatic N) is 1. The van der Waals surface area contributed by atoms with E-state index in [9.17, 15) is 4.39 Å². The second-order valence-electron chi connectivity index (χ2n) is 4.13. The van der Waals surface area contributed by atoms with Gasteiger partial charge in [-0.3, -0.25) is 0 Å². The van der Waals surface area contributed by atoms with Crippen molar-refractivity contribution in [3.05, 3.63) is 63.4 Å². The van der Waals surface area contributed by atoms with Crippen molar-refractivity contribution in [1.29, 1.82) is 0 Å². The largest absolute Gasteiger partial charge is 0.486 e. The standard InChI is InChI=1S/C14H11Cl2FN2O2/c15-10-2-1-3-12(13(10)17)21-7-9-5-4-8(6-11(9)16)14(18)19-20/h1-6,20H,7H2,(H2,18,19). The lowest BCUT2D eigenvalue weighted by atomic mass is 10.1. The zero-order chi connectivity index (χ0) is 15.4. The van der Waals surface area contributed by atoms with Gasteiger partial charge >= 0.3 is 0 Å². The molecule has 0 atom stereocenters. The number of halogens is 3. The van der Waals surface area contributed by atoms with Crippen molar-refractivity contribution in [2.75, 3.05) is 0 Å². The van der Waals surface area contributed by atoms with Crippen LogP contribution in [0, 0.1) is 5.82 Å². The molecule has 3 N–H and O–H groups in total. The summed E-state index contributed by atoms with van der Waals surface area (Å²) in [5, 5.41) is 11.8. The van der Waals surface area contributed by atoms with Crippen LogP contribution in [0.3, 0.4) is 0 Å². The maximum atomic E-state index is 13.7. The summed E-state index contributed by atoms with van der Waals surface area (Å²) in [5.74, 6) is -0.632. The fraction of sp³-hybridized carbons (Fsp3) is 0.0714. The quantitative estimate of drug-likeness (QED) is 0.388. The molecule has 0 fully saturated rings. The van der Waals surface area contributed by atoms with E-state index in [0.717, 1.165) is 0 Å². The van der Waals surface area contributed by atoms with Crippen LogP contribution in [0.5, 0.6) is 5.75 Å². The van der Waals surface area contributed by atoms with Crippen molar-refractivity contribution < 1.29 is 14.3 Å². The molecule has 21 heavy (non-hydrogen) atoms. The SMILES string of the molecule is N/C(=N/O)c1ccc(COc2cccc(Cl)c2F)c(Cl)c1. The van der Waals surface area contributed by atoms with E-state index in [4.69, 9.17) is 38.9 Å². The molecule has 2 aromatic rings. The summed E-state index contributed by atoms with van der Waals surface area (Å²) < 4.78 is 19.0. The van der Waals surface area contributed by atoms with Crippen LogP contribution in [0.1, 0.15) is 11.1 Å². The summed E-state index contributed by atoms with van der Waals surface area (Å²) in [7, 11) is 0. The molecular weight excluding hydrogens is 318 g/mol. The Kier molecular flexibility index (Phi) is 4.88. The minimum Gasteiger partial charge on any atom is -0.486 e. The molecule has 0 heterocycles. The van der Waals surface area contributed by atoms with Crippen LogP contribution >= 0.6 is 23.2 Å². The summed E-state index contributed by atoms with van der Waals surface area (Å²) in [6.07, 6.45) is 0. The molecule has 0 spiro atoms. The Labute approximate surface area is 130 Å². The molecule has 110 valence electrons. The fourth-order valence-electron chi connectivity index (χ4n) is 1.63. The van der Waals surface area contributed by atoms with E-state index in [1.807, 2.05) is 0 Å². The van der Waals surface area contributed by atoms with Crippen LogP contribution < -0.4 is 10.5 Å². The number of rotatable bonds is 4. The third-order valence-electron chi connectivity index (χ3n) is 2.76. The molecular formula is C14H11Cl2FN2O2. The number of hydrogen-bond acceptors (Lipinski definition) is 3. The molecule has 0 radical (unpaired) electrons. The molecule has 0 aromatic heterocycles. The minimum absolute atomic E-state index is 0.0131. The minimum atomic E-state index is -0.622. The summed E-state index contributed by atoms with van der Waals surface area (Å²) in [6, 6.07) is 9.29. The number of oxime groups is 1. The molecule has 0 amide bonds. The van der Waals surface area contributed by atoms with Crippen molar-refractivity contribution in [1.82, 2.24) is 0 Å². The Morgan fingerprint density at radius 1 is 1.24 bits per heavy atom. The van der Waals surface area contributed by atoms with E-state index < -0.39 is 5.82 Å². The zero-order valence-corrected chi connectivity index (χ0v) is 12.2. The van der Waals surface area contributed by atoms with E-state index >= 15 is 0 Å². The van der Waals surface area contributed by atoms with Gasteiger partial charge in [0.15, 0.2) is 17.4 Å². The van der Waals surface area contributed by atoms with Crippen molar-refractivity contribution in [3.8, 4) is 5.75 Å². The molecule has 0 aliphatic heterocycles. The molecule has 0 bridgehead atoms. The van der Waals surface area contributed by atoms with Gasteiger partial charge in [-0.05, 0) is 18.2 Å². The third-order valence-corrected chi connectivity index (χ3v) is 3.40. The Morgan fingerprint density at radius 3 is 2.67 bits per heavy atom. The number of benzene rings is 2. The molecule has 0 saturated heterocycles. The maximum absolute atomic E-state index is 13.7. The highest BCUT2D eigenvalue weighted by atomic mass is 35.5. The Bertz CT molecular complexity index is 693. The predicted molar refractivity (Wildman–Crippen MR) is 79.7 cm³/mol. The first-order chi connectivity index (χ1) is 10.0. The number of amidine groups is 1. The van der Waals surface area contributed by atoms with Gasteiger partial charge in [-0.2, -0.15) is 0 Å². The first kappa shape index (κ1) is 15.4. The molecule has 7 heteroatoms. The first-order valence-electron chi connectivity index (χ1n) is 5.86. The van der Waals surface area contributed by atoms with E-state index in [0.29, 0.717) is 16.1 Å². The van der Waals surface area contributed by atoms with E-state index in [-0.39, 0.29) is 23.2 Å². The molecule has 2 aromatic carbocycles. The smallest absolute Gasteiger partial charge is 0.183 e. The van der Waals surface area contributed by atoms with Crippen molar-refractivity contribution in [2.24, 2.45) is 10.9 Å². The average Bonchev–Trinajstić information content (AvgIpc) is 2.49. The van der Waals surface area contributed by atoms with Gasteiger partial charge in [0.2, 0.25) is 0 Å². The van der Waals surface area contributed by atoms with Gasteiger partial charge in [-0.25, -0.2) is 4.39 Å². The molecule has 0 saturated carbocycles. The zero-order valence-electron chi connectivity index (χ0n) is 10.7. The van der Waals surface area contributed by atoms with E-state index in [1.165, 1.54) is 18.2 Å². The van der Waals surface area contributed by atoms with Crippen LogP contribution in [0.25, 0.3) is 0 Å². The Morgan fingerprint density at radius 2 is 2.00 bits per heavy atom. The fourth-order valence-corrected chi connectivity index (χ4v) is 2.03. The monoisotopic (exact) mass is 328 g/mol. The topological polar surface area (TPSA) is 67.8 Å². The van der Waals surface area contributed by atoms with E-state index in [1.54, 1.807) is 18.2 Å². The number of hydrogen-bond donors (Lipinski definition) is 2. The second kappa shape index (κ2) is 6.65. The van der Waals surface area contributed by atoms with Crippen LogP contribution in [0.2, 0.25) is 10.0 Å². The normalized spacial score (nSPS) is 11.5.